The van der Waals surface area contributed by atoms with Gasteiger partial charge in [-0.15, -0.1) is 0 Å². The zero-order valence-electron chi connectivity index (χ0n) is 50.0. The molecular formula is C78H73N3O2. The van der Waals surface area contributed by atoms with E-state index >= 15 is 0 Å². The number of anilines is 9. The van der Waals surface area contributed by atoms with E-state index in [1.54, 1.807) is 0 Å². The predicted molar refractivity (Wildman–Crippen MR) is 355 cm³/mol. The monoisotopic (exact) mass is 1080 g/mol. The lowest BCUT2D eigenvalue weighted by atomic mass is 9.86. The summed E-state index contributed by atoms with van der Waals surface area (Å²) >= 11 is 0. The van der Waals surface area contributed by atoms with Crippen LogP contribution >= 0.6 is 0 Å². The number of hydrogen-bond acceptors (Lipinski definition) is 5. The molecular weight excluding hydrogens is 1010 g/mol. The zero-order chi connectivity index (χ0) is 57.7. The van der Waals surface area contributed by atoms with Gasteiger partial charge in [0, 0.05) is 61.7 Å². The number of benzene rings is 11. The molecule has 0 bridgehead atoms. The van der Waals surface area contributed by atoms with Crippen molar-refractivity contribution in [2.24, 2.45) is 0 Å². The summed E-state index contributed by atoms with van der Waals surface area (Å²) in [6.45, 7) is 27.2. The first kappa shape index (κ1) is 53.3. The van der Waals surface area contributed by atoms with Crippen molar-refractivity contribution < 1.29 is 8.83 Å². The Morgan fingerprint density at radius 1 is 0.253 bits per heavy atom. The first-order chi connectivity index (χ1) is 39.6. The average Bonchev–Trinajstić information content (AvgIpc) is 2.33. The van der Waals surface area contributed by atoms with Gasteiger partial charge in [0.15, 0.2) is 5.58 Å². The summed E-state index contributed by atoms with van der Waals surface area (Å²) in [4.78, 5) is 7.06. The zero-order valence-corrected chi connectivity index (χ0v) is 50.0. The second-order valence-corrected chi connectivity index (χ2v) is 26.8. The van der Waals surface area contributed by atoms with E-state index in [0.717, 1.165) is 117 Å². The van der Waals surface area contributed by atoms with Gasteiger partial charge in [-0.3, -0.25) is 0 Å². The van der Waals surface area contributed by atoms with Crippen molar-refractivity contribution in [2.75, 3.05) is 14.7 Å². The van der Waals surface area contributed by atoms with Gasteiger partial charge >= 0.3 is 0 Å². The van der Waals surface area contributed by atoms with E-state index in [2.05, 4.69) is 322 Å². The van der Waals surface area contributed by atoms with E-state index in [1.165, 1.54) is 22.3 Å². The van der Waals surface area contributed by atoms with E-state index in [0.29, 0.717) is 0 Å². The average molecular weight is 1080 g/mol. The minimum Gasteiger partial charge on any atom is -0.455 e. The Hall–Kier alpha value is -9.06. The molecule has 0 fully saturated rings. The summed E-state index contributed by atoms with van der Waals surface area (Å²) in [6, 6.07) is 82.4. The van der Waals surface area contributed by atoms with Gasteiger partial charge in [-0.25, -0.2) is 0 Å². The lowest BCUT2D eigenvalue weighted by Gasteiger charge is -2.28. The summed E-state index contributed by atoms with van der Waals surface area (Å²) in [5.74, 6) is 0. The maximum atomic E-state index is 7.31. The van der Waals surface area contributed by atoms with E-state index in [-0.39, 0.29) is 21.7 Å². The van der Waals surface area contributed by atoms with Gasteiger partial charge in [0.05, 0.1) is 11.1 Å². The summed E-state index contributed by atoms with van der Waals surface area (Å²) in [7, 11) is 0. The first-order valence-corrected chi connectivity index (χ1v) is 29.3. The van der Waals surface area contributed by atoms with Crippen molar-refractivity contribution in [3.8, 4) is 0 Å². The van der Waals surface area contributed by atoms with Gasteiger partial charge in [-0.1, -0.05) is 180 Å². The number of rotatable bonds is 9. The molecule has 2 aromatic heterocycles. The molecule has 0 unspecified atom stereocenters. The van der Waals surface area contributed by atoms with Gasteiger partial charge < -0.3 is 23.5 Å². The maximum absolute atomic E-state index is 7.31. The SMILES string of the molecule is CC(C)(C)c1ccc(N(c2ccc(C(C)(C)C)cc2)c2ccc3cc4c(cc3c2)oc2c4cc(N(c3ccccc3)c3ccccc3)c3oc4cc5cc(N(c6ccc(C(C)(C)C)cc6)c6ccc(C(C)(C)C)cc6)ccc5cc4c32)cc1. The molecule has 13 aromatic rings. The Morgan fingerprint density at radius 3 is 0.952 bits per heavy atom. The van der Waals surface area contributed by atoms with E-state index < -0.39 is 0 Å². The molecule has 0 amide bonds. The number of para-hydroxylation sites is 2. The fourth-order valence-corrected chi connectivity index (χ4v) is 12.0. The molecule has 0 radical (unpaired) electrons. The van der Waals surface area contributed by atoms with Crippen LogP contribution in [0.3, 0.4) is 0 Å². The molecule has 0 spiro atoms. The van der Waals surface area contributed by atoms with Crippen LogP contribution in [0.4, 0.5) is 51.2 Å². The Morgan fingerprint density at radius 2 is 0.578 bits per heavy atom. The summed E-state index contributed by atoms with van der Waals surface area (Å²) in [5.41, 5.74) is 18.0. The molecule has 5 nitrogen and oxygen atoms in total. The van der Waals surface area contributed by atoms with Crippen LogP contribution in [0.25, 0.3) is 65.4 Å². The molecule has 0 N–H and O–H groups in total. The quantitative estimate of drug-likeness (QED) is 0.144. The molecule has 5 heteroatoms. The number of hydrogen-bond donors (Lipinski definition) is 0. The van der Waals surface area contributed by atoms with E-state index in [1.807, 2.05) is 0 Å². The third-order valence-corrected chi connectivity index (χ3v) is 16.8. The first-order valence-electron chi connectivity index (χ1n) is 29.3. The molecule has 0 aliphatic carbocycles. The molecule has 0 aliphatic rings. The summed E-state index contributed by atoms with van der Waals surface area (Å²) < 4.78 is 14.6. The standard InChI is InChI=1S/C78H73N3O2/c1-75(2,3)54-25-35-60(36-26-54)79(61-37-27-55(28-38-61)76(4,5)6)64-33-23-50-45-66-67-49-69(81(58-19-15-13-16-20-58)59-21-17-14-18-22-59)74-72(73(67)82-70(66)47-52(50)43-64)68-46-51-24-34-65(44-53(51)48-71(68)83-74)80(62-39-29-56(30-40-62)77(7,8)9)63-41-31-57(32-42-63)78(10,11)12/h13-49H,1-12H3. The van der Waals surface area contributed by atoms with E-state index in [4.69, 9.17) is 8.83 Å². The topological polar surface area (TPSA) is 36.0 Å². The number of fused-ring (bicyclic) bond motifs is 9. The molecule has 412 valence electrons. The second-order valence-electron chi connectivity index (χ2n) is 26.8. The van der Waals surface area contributed by atoms with Crippen LogP contribution in [0.1, 0.15) is 105 Å². The minimum atomic E-state index is 0.0343. The van der Waals surface area contributed by atoms with Crippen LogP contribution in [0.15, 0.2) is 233 Å². The van der Waals surface area contributed by atoms with Gasteiger partial charge in [-0.05, 0) is 193 Å². The Balaban J connectivity index is 1.01. The van der Waals surface area contributed by atoms with Crippen molar-refractivity contribution in [3.63, 3.8) is 0 Å². The van der Waals surface area contributed by atoms with Crippen molar-refractivity contribution >= 4 is 117 Å². The summed E-state index contributed by atoms with van der Waals surface area (Å²) in [5, 5.41) is 8.41. The van der Waals surface area contributed by atoms with Crippen LogP contribution in [-0.2, 0) is 21.7 Å². The van der Waals surface area contributed by atoms with Crippen LogP contribution in [0.2, 0.25) is 0 Å². The van der Waals surface area contributed by atoms with Gasteiger partial charge in [0.25, 0.3) is 0 Å². The number of furan rings is 2. The molecule has 2 heterocycles. The summed E-state index contributed by atoms with van der Waals surface area (Å²) in [6.07, 6.45) is 0. The van der Waals surface area contributed by atoms with Crippen LogP contribution < -0.4 is 14.7 Å². The van der Waals surface area contributed by atoms with Gasteiger partial charge in [0.1, 0.15) is 16.7 Å². The smallest absolute Gasteiger partial charge is 0.163 e. The lowest BCUT2D eigenvalue weighted by molar-refractivity contribution is 0.590. The fraction of sp³-hybridized carbons (Fsp3) is 0.205. The highest BCUT2D eigenvalue weighted by molar-refractivity contribution is 6.27. The molecule has 83 heavy (non-hydrogen) atoms. The molecule has 11 aromatic carbocycles. The second kappa shape index (κ2) is 19.8. The van der Waals surface area contributed by atoms with Crippen molar-refractivity contribution in [1.82, 2.24) is 0 Å². The molecule has 0 aliphatic heterocycles. The van der Waals surface area contributed by atoms with Crippen LogP contribution in [0, 0.1) is 0 Å². The normalized spacial score (nSPS) is 12.6. The van der Waals surface area contributed by atoms with Gasteiger partial charge in [-0.2, -0.15) is 0 Å². The molecule has 13 rings (SSSR count). The van der Waals surface area contributed by atoms with Crippen molar-refractivity contribution in [2.45, 2.75) is 105 Å². The Kier molecular flexibility index (Phi) is 12.7. The van der Waals surface area contributed by atoms with Crippen molar-refractivity contribution in [3.05, 3.63) is 247 Å². The Labute approximate surface area is 489 Å². The molecule has 0 atom stereocenters. The van der Waals surface area contributed by atoms with Crippen molar-refractivity contribution in [1.29, 1.82) is 0 Å². The predicted octanol–water partition coefficient (Wildman–Crippen LogP) is 23.4. The highest BCUT2D eigenvalue weighted by Crippen LogP contribution is 2.50. The third kappa shape index (κ3) is 9.86. The molecule has 0 saturated carbocycles. The van der Waals surface area contributed by atoms with Crippen LogP contribution in [0.5, 0.6) is 0 Å². The van der Waals surface area contributed by atoms with Crippen LogP contribution in [-0.4, -0.2) is 0 Å². The maximum Gasteiger partial charge on any atom is 0.163 e. The van der Waals surface area contributed by atoms with E-state index in [9.17, 15) is 0 Å². The highest BCUT2D eigenvalue weighted by Gasteiger charge is 2.27. The third-order valence-electron chi connectivity index (χ3n) is 16.8. The Bertz CT molecular complexity index is 4390. The van der Waals surface area contributed by atoms with Gasteiger partial charge in [0.2, 0.25) is 0 Å². The largest absolute Gasteiger partial charge is 0.455 e. The minimum absolute atomic E-state index is 0.0343. The molecule has 0 saturated heterocycles. The lowest BCUT2D eigenvalue weighted by Crippen LogP contribution is -2.14. The number of nitrogens with zero attached hydrogens (tertiary/aromatic N) is 3. The highest BCUT2D eigenvalue weighted by atomic mass is 16.3. The fourth-order valence-electron chi connectivity index (χ4n) is 12.0.